The van der Waals surface area contributed by atoms with Crippen LogP contribution in [0.2, 0.25) is 0 Å². The normalized spacial score (nSPS) is 29.6. The highest BCUT2D eigenvalue weighted by Gasteiger charge is 2.37. The van der Waals surface area contributed by atoms with Crippen molar-refractivity contribution in [2.45, 2.75) is 25.3 Å². The highest BCUT2D eigenvalue weighted by Crippen LogP contribution is 2.32. The number of methoxy groups -OCH3 is 1. The molecular formula is C9H15NO2. The van der Waals surface area contributed by atoms with Crippen LogP contribution < -0.4 is 0 Å². The predicted octanol–water partition coefficient (Wildman–Crippen LogP) is 0.644. The van der Waals surface area contributed by atoms with Crippen molar-refractivity contribution in [3.63, 3.8) is 0 Å². The molecule has 12 heavy (non-hydrogen) atoms. The lowest BCUT2D eigenvalue weighted by Gasteiger charge is -2.38. The molecular weight excluding hydrogens is 154 g/mol. The molecule has 1 saturated carbocycles. The molecule has 1 atom stereocenters. The van der Waals surface area contributed by atoms with E-state index in [1.807, 2.05) is 0 Å². The Hall–Kier alpha value is -0.570. The summed E-state index contributed by atoms with van der Waals surface area (Å²) in [4.78, 5) is 13.4. The van der Waals surface area contributed by atoms with Gasteiger partial charge in [-0.25, -0.2) is 0 Å². The molecule has 68 valence electrons. The fourth-order valence-electron chi connectivity index (χ4n) is 1.69. The minimum absolute atomic E-state index is 0.0538. The van der Waals surface area contributed by atoms with Crippen LogP contribution in [0, 0.1) is 5.92 Å². The van der Waals surface area contributed by atoms with Gasteiger partial charge < -0.3 is 4.74 Å². The molecule has 0 aromatic heterocycles. The van der Waals surface area contributed by atoms with Crippen LogP contribution in [0.25, 0.3) is 0 Å². The lowest BCUT2D eigenvalue weighted by Crippen LogP contribution is -2.53. The van der Waals surface area contributed by atoms with Gasteiger partial charge in [0.1, 0.15) is 6.04 Å². The molecule has 3 nitrogen and oxygen atoms in total. The van der Waals surface area contributed by atoms with E-state index in [9.17, 15) is 4.79 Å². The highest BCUT2D eigenvalue weighted by molar-refractivity contribution is 5.76. The molecule has 1 heterocycles. The number of likely N-dealkylation sites (tertiary alicyclic amines) is 1. The summed E-state index contributed by atoms with van der Waals surface area (Å²) in [5.41, 5.74) is 0. The maximum atomic E-state index is 11.1. The molecule has 0 amide bonds. The van der Waals surface area contributed by atoms with Gasteiger partial charge in [-0.2, -0.15) is 0 Å². The number of rotatable bonds is 3. The Morgan fingerprint density at radius 1 is 1.50 bits per heavy atom. The van der Waals surface area contributed by atoms with Gasteiger partial charge in [0.15, 0.2) is 0 Å². The van der Waals surface area contributed by atoms with Crippen molar-refractivity contribution in [3.8, 4) is 0 Å². The van der Waals surface area contributed by atoms with Crippen molar-refractivity contribution >= 4 is 5.97 Å². The average molecular weight is 169 g/mol. The summed E-state index contributed by atoms with van der Waals surface area (Å²) in [6.07, 6.45) is 3.69. The van der Waals surface area contributed by atoms with Gasteiger partial charge in [-0.3, -0.25) is 9.69 Å². The van der Waals surface area contributed by atoms with Gasteiger partial charge in [-0.1, -0.05) is 0 Å². The highest BCUT2D eigenvalue weighted by atomic mass is 16.5. The summed E-state index contributed by atoms with van der Waals surface area (Å²) < 4.78 is 4.71. The van der Waals surface area contributed by atoms with Crippen molar-refractivity contribution in [3.05, 3.63) is 0 Å². The molecule has 0 bridgehead atoms. The topological polar surface area (TPSA) is 29.5 Å². The van der Waals surface area contributed by atoms with E-state index in [0.717, 1.165) is 25.4 Å². The molecule has 1 unspecified atom stereocenters. The van der Waals surface area contributed by atoms with E-state index in [4.69, 9.17) is 4.74 Å². The summed E-state index contributed by atoms with van der Waals surface area (Å²) in [6, 6.07) is 0.0793. The van der Waals surface area contributed by atoms with Gasteiger partial charge in [0.05, 0.1) is 7.11 Å². The van der Waals surface area contributed by atoms with Crippen LogP contribution in [-0.2, 0) is 9.53 Å². The van der Waals surface area contributed by atoms with E-state index in [1.165, 1.54) is 20.0 Å². The molecule has 0 aromatic carbocycles. The Labute approximate surface area is 72.7 Å². The fraction of sp³-hybridized carbons (Fsp3) is 0.889. The largest absolute Gasteiger partial charge is 0.468 e. The van der Waals surface area contributed by atoms with E-state index in [0.29, 0.717) is 0 Å². The van der Waals surface area contributed by atoms with Crippen molar-refractivity contribution in [1.82, 2.24) is 4.90 Å². The Morgan fingerprint density at radius 2 is 2.25 bits per heavy atom. The van der Waals surface area contributed by atoms with Crippen LogP contribution in [0.1, 0.15) is 19.3 Å². The maximum Gasteiger partial charge on any atom is 0.323 e. The van der Waals surface area contributed by atoms with E-state index in [-0.39, 0.29) is 12.0 Å². The zero-order valence-electron chi connectivity index (χ0n) is 7.45. The van der Waals surface area contributed by atoms with Crippen molar-refractivity contribution < 1.29 is 9.53 Å². The molecule has 1 aliphatic carbocycles. The monoisotopic (exact) mass is 169 g/mol. The second-order valence-electron chi connectivity index (χ2n) is 3.77. The van der Waals surface area contributed by atoms with Crippen LogP contribution in [0.4, 0.5) is 0 Å². The molecule has 1 saturated heterocycles. The number of carbonyl (C=O) groups excluding carboxylic acids is 1. The lowest BCUT2D eigenvalue weighted by molar-refractivity contribution is -0.152. The van der Waals surface area contributed by atoms with Gasteiger partial charge >= 0.3 is 5.97 Å². The zero-order valence-corrected chi connectivity index (χ0v) is 7.45. The summed E-state index contributed by atoms with van der Waals surface area (Å²) in [5.74, 6) is 0.819. The third-order valence-corrected chi connectivity index (χ3v) is 2.79. The first-order valence-corrected chi connectivity index (χ1v) is 4.63. The van der Waals surface area contributed by atoms with Gasteiger partial charge in [0.2, 0.25) is 0 Å². The standard InChI is InChI=1S/C9H15NO2/c1-12-9(11)8-4-5-10(8)6-7-2-3-7/h7-8H,2-6H2,1H3. The van der Waals surface area contributed by atoms with Crippen molar-refractivity contribution in [2.75, 3.05) is 20.2 Å². The first-order valence-electron chi connectivity index (χ1n) is 4.63. The quantitative estimate of drug-likeness (QED) is 0.581. The van der Waals surface area contributed by atoms with Gasteiger partial charge in [0, 0.05) is 13.1 Å². The Bertz CT molecular complexity index is 189. The van der Waals surface area contributed by atoms with Gasteiger partial charge in [-0.15, -0.1) is 0 Å². The minimum atomic E-state index is -0.0538. The van der Waals surface area contributed by atoms with E-state index in [2.05, 4.69) is 4.90 Å². The number of nitrogens with zero attached hydrogens (tertiary/aromatic N) is 1. The molecule has 0 radical (unpaired) electrons. The first kappa shape index (κ1) is 8.05. The number of hydrogen-bond donors (Lipinski definition) is 0. The second-order valence-corrected chi connectivity index (χ2v) is 3.77. The molecule has 2 fully saturated rings. The summed E-state index contributed by atoms with van der Waals surface area (Å²) >= 11 is 0. The Morgan fingerprint density at radius 3 is 2.67 bits per heavy atom. The van der Waals surface area contributed by atoms with Crippen LogP contribution in [-0.4, -0.2) is 37.1 Å². The SMILES string of the molecule is COC(=O)C1CCN1CC1CC1. The summed E-state index contributed by atoms with van der Waals surface area (Å²) in [7, 11) is 1.47. The zero-order chi connectivity index (χ0) is 8.55. The van der Waals surface area contributed by atoms with E-state index in [1.54, 1.807) is 0 Å². The fourth-order valence-corrected chi connectivity index (χ4v) is 1.69. The average Bonchev–Trinajstić information content (AvgIpc) is 2.81. The third-order valence-electron chi connectivity index (χ3n) is 2.79. The van der Waals surface area contributed by atoms with E-state index < -0.39 is 0 Å². The third kappa shape index (κ3) is 1.46. The number of carbonyl (C=O) groups is 1. The predicted molar refractivity (Wildman–Crippen MR) is 44.7 cm³/mol. The molecule has 2 rings (SSSR count). The number of hydrogen-bond acceptors (Lipinski definition) is 3. The summed E-state index contributed by atoms with van der Waals surface area (Å²) in [6.45, 7) is 2.19. The van der Waals surface area contributed by atoms with Gasteiger partial charge in [0.25, 0.3) is 0 Å². The molecule has 0 N–H and O–H groups in total. The molecule has 0 aromatic rings. The lowest BCUT2D eigenvalue weighted by atomic mass is 10.0. The first-order chi connectivity index (χ1) is 5.81. The van der Waals surface area contributed by atoms with Crippen LogP contribution in [0.5, 0.6) is 0 Å². The van der Waals surface area contributed by atoms with E-state index >= 15 is 0 Å². The van der Waals surface area contributed by atoms with Crippen LogP contribution in [0.3, 0.4) is 0 Å². The number of esters is 1. The molecule has 2 aliphatic rings. The van der Waals surface area contributed by atoms with Crippen molar-refractivity contribution in [2.24, 2.45) is 5.92 Å². The number of ether oxygens (including phenoxy) is 1. The maximum absolute atomic E-state index is 11.1. The Kier molecular flexibility index (Phi) is 2.05. The molecule has 1 aliphatic heterocycles. The molecule has 3 heteroatoms. The smallest absolute Gasteiger partial charge is 0.323 e. The Balaban J connectivity index is 1.79. The molecule has 0 spiro atoms. The minimum Gasteiger partial charge on any atom is -0.468 e. The van der Waals surface area contributed by atoms with Crippen LogP contribution in [0.15, 0.2) is 0 Å². The van der Waals surface area contributed by atoms with Crippen LogP contribution >= 0.6 is 0 Å². The second kappa shape index (κ2) is 3.05. The van der Waals surface area contributed by atoms with Gasteiger partial charge in [-0.05, 0) is 25.2 Å². The van der Waals surface area contributed by atoms with Crippen molar-refractivity contribution in [1.29, 1.82) is 0 Å². The summed E-state index contributed by atoms with van der Waals surface area (Å²) in [5, 5.41) is 0.